The minimum atomic E-state index is -0.736. The van der Waals surface area contributed by atoms with Crippen LogP contribution in [0.4, 0.5) is 4.79 Å². The number of hydrogen-bond acceptors (Lipinski definition) is 4. The third-order valence-electron chi connectivity index (χ3n) is 10.1. The van der Waals surface area contributed by atoms with E-state index in [9.17, 15) is 9.59 Å². The van der Waals surface area contributed by atoms with Crippen molar-refractivity contribution >= 4 is 11.9 Å². The standard InChI is InChI=1S/C39H78N4O2/c1-7-11-15-17-19-21-23-25-27-29-33-40-35(5)42-37(44)39(31-13-9-3,32-14-10-4)43(38(42)45)36(6)41-34-30-28-26-24-22-20-18-16-12-8-2/h35-36,40-41H,7-34H2,1-6H3. The summed E-state index contributed by atoms with van der Waals surface area (Å²) in [5, 5.41) is 7.21. The SMILES string of the molecule is CCCCCCCCCCCCNC(C)N1C(=O)N(C(C)NCCCCCCCCCCCC)C(CCCC)(CCCC)C1=O. The van der Waals surface area contributed by atoms with Gasteiger partial charge < -0.3 is 0 Å². The van der Waals surface area contributed by atoms with Gasteiger partial charge in [0.1, 0.15) is 5.54 Å². The van der Waals surface area contributed by atoms with Crippen molar-refractivity contribution in [1.82, 2.24) is 20.4 Å². The summed E-state index contributed by atoms with van der Waals surface area (Å²) in [6.07, 6.45) is 31.2. The fourth-order valence-corrected chi connectivity index (χ4v) is 7.14. The summed E-state index contributed by atoms with van der Waals surface area (Å²) in [6, 6.07) is -0.113. The molecule has 2 unspecified atom stereocenters. The van der Waals surface area contributed by atoms with Crippen LogP contribution >= 0.6 is 0 Å². The second kappa shape index (κ2) is 26.9. The Morgan fingerprint density at radius 3 is 1.20 bits per heavy atom. The topological polar surface area (TPSA) is 64.7 Å². The monoisotopic (exact) mass is 635 g/mol. The Bertz CT molecular complexity index is 722. The van der Waals surface area contributed by atoms with Crippen molar-refractivity contribution in [2.45, 2.75) is 226 Å². The maximum atomic E-state index is 14.3. The highest BCUT2D eigenvalue weighted by Gasteiger charge is 2.58. The minimum Gasteiger partial charge on any atom is -0.297 e. The molecule has 45 heavy (non-hydrogen) atoms. The molecule has 6 heteroatoms. The molecule has 0 saturated carbocycles. The Kier molecular flexibility index (Phi) is 25.0. The molecule has 0 aromatic heterocycles. The van der Waals surface area contributed by atoms with Crippen molar-refractivity contribution < 1.29 is 9.59 Å². The minimum absolute atomic E-state index is 0.0186. The van der Waals surface area contributed by atoms with Crippen molar-refractivity contribution in [3.63, 3.8) is 0 Å². The summed E-state index contributed by atoms with van der Waals surface area (Å²) in [5.41, 5.74) is -0.736. The highest BCUT2D eigenvalue weighted by Crippen LogP contribution is 2.39. The molecular weight excluding hydrogens is 556 g/mol. The molecule has 0 bridgehead atoms. The van der Waals surface area contributed by atoms with Gasteiger partial charge in [0.25, 0.3) is 5.91 Å². The van der Waals surface area contributed by atoms with Gasteiger partial charge in [0.15, 0.2) is 0 Å². The molecule has 1 aliphatic rings. The predicted octanol–water partition coefficient (Wildman–Crippen LogP) is 11.1. The maximum absolute atomic E-state index is 14.3. The van der Waals surface area contributed by atoms with E-state index in [0.29, 0.717) is 0 Å². The summed E-state index contributed by atoms with van der Waals surface area (Å²) < 4.78 is 0. The Balaban J connectivity index is 2.64. The molecule has 0 aliphatic carbocycles. The molecule has 1 fully saturated rings. The fourth-order valence-electron chi connectivity index (χ4n) is 7.14. The van der Waals surface area contributed by atoms with Gasteiger partial charge in [-0.25, -0.2) is 9.69 Å². The number of unbranched alkanes of at least 4 members (excludes halogenated alkanes) is 20. The fraction of sp³-hybridized carbons (Fsp3) is 0.949. The van der Waals surface area contributed by atoms with Crippen LogP contribution in [0, 0.1) is 0 Å². The van der Waals surface area contributed by atoms with Crippen molar-refractivity contribution in [3.05, 3.63) is 0 Å². The number of carbonyl (C=O) groups is 2. The zero-order valence-corrected chi connectivity index (χ0v) is 31.2. The van der Waals surface area contributed by atoms with Gasteiger partial charge in [-0.3, -0.25) is 20.3 Å². The zero-order chi connectivity index (χ0) is 33.2. The molecule has 1 rings (SSSR count). The first-order valence-corrected chi connectivity index (χ1v) is 20.0. The summed E-state index contributed by atoms with van der Waals surface area (Å²) in [5.74, 6) is 0.0186. The number of nitrogens with one attached hydrogen (secondary N) is 2. The lowest BCUT2D eigenvalue weighted by atomic mass is 9.85. The second-order valence-corrected chi connectivity index (χ2v) is 14.2. The molecule has 6 nitrogen and oxygen atoms in total. The van der Waals surface area contributed by atoms with E-state index in [-0.39, 0.29) is 24.3 Å². The largest absolute Gasteiger partial charge is 0.330 e. The van der Waals surface area contributed by atoms with Gasteiger partial charge >= 0.3 is 6.03 Å². The Morgan fingerprint density at radius 1 is 0.489 bits per heavy atom. The van der Waals surface area contributed by atoms with Crippen molar-refractivity contribution in [1.29, 1.82) is 0 Å². The summed E-state index contributed by atoms with van der Waals surface area (Å²) in [6.45, 7) is 14.7. The highest BCUT2D eigenvalue weighted by molar-refractivity contribution is 6.07. The van der Waals surface area contributed by atoms with Gasteiger partial charge in [-0.15, -0.1) is 0 Å². The van der Waals surface area contributed by atoms with E-state index in [4.69, 9.17) is 0 Å². The zero-order valence-electron chi connectivity index (χ0n) is 31.2. The van der Waals surface area contributed by atoms with Gasteiger partial charge in [-0.1, -0.05) is 169 Å². The maximum Gasteiger partial charge on any atom is 0.330 e. The van der Waals surface area contributed by atoms with Gasteiger partial charge in [0.05, 0.1) is 12.3 Å². The molecule has 2 atom stereocenters. The molecule has 266 valence electrons. The third kappa shape index (κ3) is 16.0. The first-order valence-electron chi connectivity index (χ1n) is 20.0. The lowest BCUT2D eigenvalue weighted by molar-refractivity contribution is -0.136. The van der Waals surface area contributed by atoms with Crippen LogP contribution in [-0.4, -0.2) is 52.7 Å². The second-order valence-electron chi connectivity index (χ2n) is 14.2. The quantitative estimate of drug-likeness (QED) is 0.0571. The molecule has 0 radical (unpaired) electrons. The number of amides is 3. The molecule has 1 saturated heterocycles. The average Bonchev–Trinajstić information content (AvgIpc) is 3.25. The van der Waals surface area contributed by atoms with E-state index in [1.807, 2.05) is 11.8 Å². The van der Waals surface area contributed by atoms with Crippen molar-refractivity contribution in [2.75, 3.05) is 13.1 Å². The van der Waals surface area contributed by atoms with Crippen LogP contribution in [0.25, 0.3) is 0 Å². The Morgan fingerprint density at radius 2 is 0.822 bits per heavy atom. The molecule has 1 aliphatic heterocycles. The Labute approximate surface area is 281 Å². The van der Waals surface area contributed by atoms with E-state index in [1.54, 1.807) is 4.90 Å². The molecule has 0 spiro atoms. The smallest absolute Gasteiger partial charge is 0.297 e. The van der Waals surface area contributed by atoms with E-state index in [0.717, 1.165) is 64.5 Å². The number of nitrogens with zero attached hydrogens (tertiary/aromatic N) is 2. The molecule has 3 amide bonds. The van der Waals surface area contributed by atoms with Crippen LogP contribution in [0.15, 0.2) is 0 Å². The van der Waals surface area contributed by atoms with Crippen LogP contribution < -0.4 is 10.6 Å². The molecule has 0 aromatic rings. The number of rotatable bonds is 32. The van der Waals surface area contributed by atoms with Gasteiger partial charge in [0, 0.05) is 0 Å². The van der Waals surface area contributed by atoms with Crippen LogP contribution in [-0.2, 0) is 4.79 Å². The summed E-state index contributed by atoms with van der Waals surface area (Å²) >= 11 is 0. The molecular formula is C39H78N4O2. The number of carbonyl (C=O) groups excluding carboxylic acids is 2. The third-order valence-corrected chi connectivity index (χ3v) is 10.1. The van der Waals surface area contributed by atoms with E-state index >= 15 is 0 Å². The number of imide groups is 1. The van der Waals surface area contributed by atoms with E-state index in [2.05, 4.69) is 45.3 Å². The summed E-state index contributed by atoms with van der Waals surface area (Å²) in [4.78, 5) is 31.9. The average molecular weight is 635 g/mol. The van der Waals surface area contributed by atoms with E-state index in [1.165, 1.54) is 116 Å². The molecule has 0 aromatic carbocycles. The lowest BCUT2D eigenvalue weighted by Crippen LogP contribution is -2.57. The predicted molar refractivity (Wildman–Crippen MR) is 194 cm³/mol. The number of hydrogen-bond donors (Lipinski definition) is 2. The normalized spacial score (nSPS) is 16.2. The van der Waals surface area contributed by atoms with Crippen LogP contribution in [0.3, 0.4) is 0 Å². The number of urea groups is 1. The van der Waals surface area contributed by atoms with Crippen molar-refractivity contribution in [2.24, 2.45) is 0 Å². The van der Waals surface area contributed by atoms with Crippen LogP contribution in [0.1, 0.15) is 208 Å². The van der Waals surface area contributed by atoms with Crippen molar-refractivity contribution in [3.8, 4) is 0 Å². The lowest BCUT2D eigenvalue weighted by Gasteiger charge is -2.39. The Hall–Kier alpha value is -1.14. The van der Waals surface area contributed by atoms with Crippen LogP contribution in [0.5, 0.6) is 0 Å². The summed E-state index contributed by atoms with van der Waals surface area (Å²) in [7, 11) is 0. The van der Waals surface area contributed by atoms with Gasteiger partial charge in [0.2, 0.25) is 0 Å². The van der Waals surface area contributed by atoms with Gasteiger partial charge in [-0.2, -0.15) is 0 Å². The first kappa shape index (κ1) is 41.9. The molecule has 2 N–H and O–H groups in total. The molecule has 1 heterocycles. The van der Waals surface area contributed by atoms with Crippen LogP contribution in [0.2, 0.25) is 0 Å². The first-order chi connectivity index (χ1) is 21.9. The highest BCUT2D eigenvalue weighted by atomic mass is 16.2. The van der Waals surface area contributed by atoms with E-state index < -0.39 is 5.54 Å². The van der Waals surface area contributed by atoms with Gasteiger partial charge in [-0.05, 0) is 52.6 Å².